The largest absolute Gasteiger partial charge is 0.376 e. The molecule has 0 bridgehead atoms. The number of anilines is 1. The van der Waals surface area contributed by atoms with Crippen molar-refractivity contribution >= 4 is 23.0 Å². The predicted molar refractivity (Wildman–Crippen MR) is 93.1 cm³/mol. The minimum absolute atomic E-state index is 0.0191. The molecule has 0 aliphatic carbocycles. The van der Waals surface area contributed by atoms with E-state index in [2.05, 4.69) is 15.8 Å². The second kappa shape index (κ2) is 7.87. The molecule has 0 unspecified atom stereocenters. The Kier molecular flexibility index (Phi) is 5.62. The molecule has 2 rings (SSSR count). The van der Waals surface area contributed by atoms with Gasteiger partial charge in [0.15, 0.2) is 0 Å². The first-order valence-electron chi connectivity index (χ1n) is 7.34. The molecule has 1 amide bonds. The number of nitrogens with zero attached hydrogens (tertiary/aromatic N) is 2. The Labute approximate surface area is 139 Å². The minimum Gasteiger partial charge on any atom is -0.376 e. The molecule has 24 heavy (non-hydrogen) atoms. The second-order valence-corrected chi connectivity index (χ2v) is 5.26. The van der Waals surface area contributed by atoms with Crippen LogP contribution in [-0.2, 0) is 4.79 Å². The smallest absolute Gasteiger partial charge is 0.270 e. The maximum atomic E-state index is 11.8. The van der Waals surface area contributed by atoms with Crippen LogP contribution in [0.15, 0.2) is 53.6 Å². The van der Waals surface area contributed by atoms with Crippen LogP contribution in [0.5, 0.6) is 0 Å². The van der Waals surface area contributed by atoms with Gasteiger partial charge in [-0.2, -0.15) is 5.10 Å². The molecule has 7 heteroatoms. The molecule has 7 nitrogen and oxygen atoms in total. The molecular weight excluding hydrogens is 308 g/mol. The van der Waals surface area contributed by atoms with Crippen LogP contribution >= 0.6 is 0 Å². The molecule has 0 aliphatic rings. The van der Waals surface area contributed by atoms with E-state index in [0.717, 1.165) is 11.3 Å². The highest BCUT2D eigenvalue weighted by Gasteiger charge is 2.08. The number of benzene rings is 2. The number of nitro benzene ring substituents is 1. The van der Waals surface area contributed by atoms with Crippen molar-refractivity contribution in [3.8, 4) is 0 Å². The van der Waals surface area contributed by atoms with Crippen molar-refractivity contribution in [2.75, 3.05) is 11.9 Å². The van der Waals surface area contributed by atoms with Crippen LogP contribution in [0.2, 0.25) is 0 Å². The number of non-ortho nitro benzene ring substituents is 1. The van der Waals surface area contributed by atoms with Gasteiger partial charge < -0.3 is 5.32 Å². The van der Waals surface area contributed by atoms with Crippen LogP contribution in [0.1, 0.15) is 18.1 Å². The number of carbonyl (C=O) groups is 1. The van der Waals surface area contributed by atoms with Crippen molar-refractivity contribution in [3.63, 3.8) is 0 Å². The number of nitro groups is 1. The Morgan fingerprint density at radius 1 is 1.21 bits per heavy atom. The molecule has 0 saturated carbocycles. The van der Waals surface area contributed by atoms with Gasteiger partial charge in [-0.05, 0) is 26.0 Å². The minimum atomic E-state index is -0.471. The lowest BCUT2D eigenvalue weighted by Gasteiger charge is -2.06. The molecule has 0 spiro atoms. The van der Waals surface area contributed by atoms with Crippen molar-refractivity contribution in [3.05, 3.63) is 69.8 Å². The van der Waals surface area contributed by atoms with Crippen molar-refractivity contribution in [1.82, 2.24) is 5.43 Å². The van der Waals surface area contributed by atoms with E-state index < -0.39 is 4.92 Å². The summed E-state index contributed by atoms with van der Waals surface area (Å²) in [4.78, 5) is 22.1. The molecule has 0 heterocycles. The number of hydrogen-bond acceptors (Lipinski definition) is 5. The normalized spacial score (nSPS) is 11.0. The number of hydrogen-bond donors (Lipinski definition) is 2. The third-order valence-corrected chi connectivity index (χ3v) is 3.33. The SMILES string of the molecule is C/C(=N\NC(=O)CNc1ccc(C)cc1)c1cccc([N+](=O)[O-])c1. The Morgan fingerprint density at radius 2 is 1.92 bits per heavy atom. The molecule has 2 aromatic rings. The Balaban J connectivity index is 1.91. The van der Waals surface area contributed by atoms with E-state index in [9.17, 15) is 14.9 Å². The summed E-state index contributed by atoms with van der Waals surface area (Å²) in [7, 11) is 0. The van der Waals surface area contributed by atoms with Crippen LogP contribution in [0.3, 0.4) is 0 Å². The number of rotatable bonds is 6. The van der Waals surface area contributed by atoms with E-state index in [-0.39, 0.29) is 18.1 Å². The average molecular weight is 326 g/mol. The van der Waals surface area contributed by atoms with E-state index in [1.165, 1.54) is 12.1 Å². The number of aryl methyl sites for hydroxylation is 1. The number of nitrogens with one attached hydrogen (secondary N) is 2. The molecule has 2 aromatic carbocycles. The van der Waals surface area contributed by atoms with Gasteiger partial charge in [-0.25, -0.2) is 5.43 Å². The summed E-state index contributed by atoms with van der Waals surface area (Å²) in [5.41, 5.74) is 5.46. The highest BCUT2D eigenvalue weighted by molar-refractivity contribution is 5.99. The van der Waals surface area contributed by atoms with Gasteiger partial charge in [0, 0.05) is 23.4 Å². The quantitative estimate of drug-likeness (QED) is 0.484. The van der Waals surface area contributed by atoms with Crippen LogP contribution in [0.4, 0.5) is 11.4 Å². The van der Waals surface area contributed by atoms with Crippen molar-refractivity contribution < 1.29 is 9.72 Å². The predicted octanol–water partition coefficient (Wildman–Crippen LogP) is 2.86. The fourth-order valence-corrected chi connectivity index (χ4v) is 1.95. The van der Waals surface area contributed by atoms with Crippen molar-refractivity contribution in [2.45, 2.75) is 13.8 Å². The lowest BCUT2D eigenvalue weighted by Crippen LogP contribution is -2.26. The lowest BCUT2D eigenvalue weighted by atomic mass is 10.1. The first kappa shape index (κ1) is 17.1. The van der Waals surface area contributed by atoms with Crippen LogP contribution in [0.25, 0.3) is 0 Å². The molecule has 0 aliphatic heterocycles. The van der Waals surface area contributed by atoms with Gasteiger partial charge in [0.1, 0.15) is 0 Å². The van der Waals surface area contributed by atoms with E-state index >= 15 is 0 Å². The summed E-state index contributed by atoms with van der Waals surface area (Å²) >= 11 is 0. The summed E-state index contributed by atoms with van der Waals surface area (Å²) < 4.78 is 0. The first-order valence-corrected chi connectivity index (χ1v) is 7.34. The summed E-state index contributed by atoms with van der Waals surface area (Å²) in [5, 5.41) is 17.7. The van der Waals surface area contributed by atoms with Crippen LogP contribution in [0, 0.1) is 17.0 Å². The van der Waals surface area contributed by atoms with Crippen molar-refractivity contribution in [2.24, 2.45) is 5.10 Å². The topological polar surface area (TPSA) is 96.6 Å². The summed E-state index contributed by atoms with van der Waals surface area (Å²) in [5.74, 6) is -0.305. The molecule has 0 saturated heterocycles. The molecule has 0 aromatic heterocycles. The molecular formula is C17H18N4O3. The second-order valence-electron chi connectivity index (χ2n) is 5.26. The Morgan fingerprint density at radius 3 is 2.58 bits per heavy atom. The van der Waals surface area contributed by atoms with Gasteiger partial charge in [0.25, 0.3) is 11.6 Å². The highest BCUT2D eigenvalue weighted by Crippen LogP contribution is 2.13. The fraction of sp³-hybridized carbons (Fsp3) is 0.176. The van der Waals surface area contributed by atoms with Gasteiger partial charge in [0.05, 0.1) is 17.2 Å². The van der Waals surface area contributed by atoms with Crippen molar-refractivity contribution in [1.29, 1.82) is 0 Å². The maximum Gasteiger partial charge on any atom is 0.270 e. The standard InChI is InChI=1S/C17H18N4O3/c1-12-6-8-15(9-7-12)18-11-17(22)20-19-13(2)14-4-3-5-16(10-14)21(23)24/h3-10,18H,11H2,1-2H3,(H,20,22)/b19-13+. The van der Waals surface area contributed by atoms with Gasteiger partial charge in [0.2, 0.25) is 0 Å². The van der Waals surface area contributed by atoms with E-state index in [1.54, 1.807) is 19.1 Å². The summed E-state index contributed by atoms with van der Waals surface area (Å²) in [6.07, 6.45) is 0. The summed E-state index contributed by atoms with van der Waals surface area (Å²) in [6.45, 7) is 3.74. The van der Waals surface area contributed by atoms with Gasteiger partial charge in [-0.1, -0.05) is 29.8 Å². The van der Waals surface area contributed by atoms with Crippen LogP contribution < -0.4 is 10.7 Å². The zero-order valence-corrected chi connectivity index (χ0v) is 13.4. The fourth-order valence-electron chi connectivity index (χ4n) is 1.95. The zero-order chi connectivity index (χ0) is 17.5. The number of carbonyl (C=O) groups excluding carboxylic acids is 1. The zero-order valence-electron chi connectivity index (χ0n) is 13.4. The Hall–Kier alpha value is -3.22. The van der Waals surface area contributed by atoms with E-state index in [0.29, 0.717) is 11.3 Å². The van der Waals surface area contributed by atoms with Gasteiger partial charge in [-0.15, -0.1) is 0 Å². The third kappa shape index (κ3) is 4.91. The summed E-state index contributed by atoms with van der Waals surface area (Å²) in [6, 6.07) is 13.8. The molecule has 0 fully saturated rings. The van der Waals surface area contributed by atoms with Crippen LogP contribution in [-0.4, -0.2) is 23.1 Å². The molecule has 124 valence electrons. The maximum absolute atomic E-state index is 11.8. The average Bonchev–Trinajstić information content (AvgIpc) is 2.59. The van der Waals surface area contributed by atoms with Gasteiger partial charge in [-0.3, -0.25) is 14.9 Å². The molecule has 0 radical (unpaired) electrons. The molecule has 2 N–H and O–H groups in total. The molecule has 0 atom stereocenters. The van der Waals surface area contributed by atoms with Gasteiger partial charge >= 0.3 is 0 Å². The number of amides is 1. The Bertz CT molecular complexity index is 770. The monoisotopic (exact) mass is 326 g/mol. The lowest BCUT2D eigenvalue weighted by molar-refractivity contribution is -0.384. The first-order chi connectivity index (χ1) is 11.5. The highest BCUT2D eigenvalue weighted by atomic mass is 16.6. The van der Waals surface area contributed by atoms with E-state index in [4.69, 9.17) is 0 Å². The van der Waals surface area contributed by atoms with E-state index in [1.807, 2.05) is 31.2 Å². The third-order valence-electron chi connectivity index (χ3n) is 3.33. The number of hydrazone groups is 1.